The zero-order valence-electron chi connectivity index (χ0n) is 16.2. The van der Waals surface area contributed by atoms with Gasteiger partial charge in [-0.05, 0) is 17.5 Å². The van der Waals surface area contributed by atoms with Gasteiger partial charge < -0.3 is 0 Å². The lowest BCUT2D eigenvalue weighted by Crippen LogP contribution is -2.14. The molecular formula is C23H22N4OS. The third kappa shape index (κ3) is 4.60. The normalized spacial score (nSPS) is 10.8. The average Bonchev–Trinajstić information content (AvgIpc) is 3.36. The van der Waals surface area contributed by atoms with Crippen LogP contribution in [0.3, 0.4) is 0 Å². The molecule has 0 atom stereocenters. The highest BCUT2D eigenvalue weighted by Gasteiger charge is 2.17. The van der Waals surface area contributed by atoms with E-state index < -0.39 is 0 Å². The van der Waals surface area contributed by atoms with E-state index >= 15 is 0 Å². The Labute approximate surface area is 174 Å². The van der Waals surface area contributed by atoms with Gasteiger partial charge in [0.25, 0.3) is 5.91 Å². The second kappa shape index (κ2) is 8.84. The van der Waals surface area contributed by atoms with Crippen LogP contribution in [0.25, 0.3) is 0 Å². The number of hydrogen-bond acceptors (Lipinski definition) is 4. The number of hydrogen-bond donors (Lipinski definition) is 1. The Hall–Kier alpha value is -3.25. The molecule has 0 unspecified atom stereocenters. The molecule has 0 radical (unpaired) electrons. The lowest BCUT2D eigenvalue weighted by Gasteiger charge is -2.08. The topological polar surface area (TPSA) is 59.8 Å². The molecule has 0 aliphatic rings. The van der Waals surface area contributed by atoms with Crippen LogP contribution in [0.5, 0.6) is 0 Å². The van der Waals surface area contributed by atoms with Crippen LogP contribution in [0.15, 0.2) is 73.1 Å². The first-order valence-electron chi connectivity index (χ1n) is 9.61. The van der Waals surface area contributed by atoms with E-state index in [2.05, 4.69) is 39.7 Å². The van der Waals surface area contributed by atoms with Gasteiger partial charge in [0, 0.05) is 17.5 Å². The Bertz CT molecular complexity index is 1090. The second-order valence-corrected chi connectivity index (χ2v) is 7.87. The number of aromatic nitrogens is 3. The highest BCUT2D eigenvalue weighted by molar-refractivity contribution is 7.15. The Balaban J connectivity index is 1.46. The molecule has 2 aromatic heterocycles. The van der Waals surface area contributed by atoms with Crippen molar-refractivity contribution < 1.29 is 4.79 Å². The van der Waals surface area contributed by atoms with E-state index in [4.69, 9.17) is 0 Å². The summed E-state index contributed by atoms with van der Waals surface area (Å²) in [5.74, 6) is -0.165. The molecule has 0 saturated heterocycles. The Morgan fingerprint density at radius 3 is 2.38 bits per heavy atom. The average molecular weight is 403 g/mol. The van der Waals surface area contributed by atoms with Gasteiger partial charge in [-0.3, -0.25) is 14.8 Å². The molecule has 0 spiro atoms. The summed E-state index contributed by atoms with van der Waals surface area (Å²) < 4.78 is 1.90. The summed E-state index contributed by atoms with van der Waals surface area (Å²) in [5, 5.41) is 7.99. The molecule has 1 N–H and O–H groups in total. The first kappa shape index (κ1) is 19.1. The molecule has 4 rings (SSSR count). The molecule has 0 aliphatic carbocycles. The van der Waals surface area contributed by atoms with Crippen molar-refractivity contribution in [1.82, 2.24) is 14.8 Å². The molecule has 29 heavy (non-hydrogen) atoms. The van der Waals surface area contributed by atoms with Crippen molar-refractivity contribution in [3.05, 3.63) is 100 Å². The van der Waals surface area contributed by atoms with Crippen LogP contribution in [-0.2, 0) is 19.4 Å². The number of rotatable bonds is 7. The Morgan fingerprint density at radius 2 is 1.69 bits per heavy atom. The van der Waals surface area contributed by atoms with Crippen LogP contribution >= 0.6 is 11.3 Å². The molecule has 146 valence electrons. The number of nitrogens with one attached hydrogen (secondary N) is 1. The summed E-state index contributed by atoms with van der Waals surface area (Å²) in [7, 11) is 0. The third-order valence-corrected chi connectivity index (χ3v) is 5.61. The van der Waals surface area contributed by atoms with Crippen molar-refractivity contribution in [2.24, 2.45) is 0 Å². The number of benzene rings is 2. The third-order valence-electron chi connectivity index (χ3n) is 4.70. The van der Waals surface area contributed by atoms with Gasteiger partial charge >= 0.3 is 0 Å². The molecule has 6 heteroatoms. The zero-order chi connectivity index (χ0) is 20.1. The summed E-state index contributed by atoms with van der Waals surface area (Å²) in [4.78, 5) is 18.3. The molecule has 2 aromatic carbocycles. The highest BCUT2D eigenvalue weighted by atomic mass is 32.1. The zero-order valence-corrected chi connectivity index (χ0v) is 17.0. The molecule has 5 nitrogen and oxygen atoms in total. The van der Waals surface area contributed by atoms with Gasteiger partial charge in [0.05, 0.1) is 24.0 Å². The maximum atomic E-state index is 12.8. The fourth-order valence-corrected chi connectivity index (χ4v) is 4.12. The van der Waals surface area contributed by atoms with Crippen LogP contribution in [0, 0.1) is 0 Å². The van der Waals surface area contributed by atoms with Crippen LogP contribution in [-0.4, -0.2) is 20.7 Å². The smallest absolute Gasteiger partial charge is 0.260 e. The fraction of sp³-hybridized carbons (Fsp3) is 0.174. The van der Waals surface area contributed by atoms with Crippen LogP contribution in [0.4, 0.5) is 5.13 Å². The van der Waals surface area contributed by atoms with Crippen molar-refractivity contribution in [2.75, 3.05) is 5.32 Å². The number of thiazole rings is 1. The summed E-state index contributed by atoms with van der Waals surface area (Å²) in [6, 6.07) is 20.4. The molecule has 0 saturated carbocycles. The lowest BCUT2D eigenvalue weighted by atomic mass is 10.1. The lowest BCUT2D eigenvalue weighted by molar-refractivity contribution is 0.102. The van der Waals surface area contributed by atoms with Crippen molar-refractivity contribution in [3.63, 3.8) is 0 Å². The van der Waals surface area contributed by atoms with Crippen LogP contribution < -0.4 is 5.32 Å². The number of amides is 1. The summed E-state index contributed by atoms with van der Waals surface area (Å²) >= 11 is 1.50. The predicted octanol–water partition coefficient (Wildman–Crippen LogP) is 4.79. The number of carbonyl (C=O) groups is 1. The Kier molecular flexibility index (Phi) is 5.81. The number of carbonyl (C=O) groups excluding carboxylic acids is 1. The SMILES string of the molecule is CCc1c(C(=O)Nc2ncc(Cc3ccccc3)s2)cnn1Cc1ccccc1. The van der Waals surface area contributed by atoms with Gasteiger partial charge in [0.2, 0.25) is 0 Å². The van der Waals surface area contributed by atoms with Crippen molar-refractivity contribution in [1.29, 1.82) is 0 Å². The summed E-state index contributed by atoms with van der Waals surface area (Å²) in [6.07, 6.45) is 5.01. The maximum Gasteiger partial charge on any atom is 0.260 e. The minimum absolute atomic E-state index is 0.165. The molecule has 1 amide bonds. The van der Waals surface area contributed by atoms with E-state index in [-0.39, 0.29) is 5.91 Å². The molecule has 0 bridgehead atoms. The van der Waals surface area contributed by atoms with Gasteiger partial charge in [0.15, 0.2) is 5.13 Å². The first-order valence-corrected chi connectivity index (χ1v) is 10.4. The van der Waals surface area contributed by atoms with Gasteiger partial charge in [-0.2, -0.15) is 5.10 Å². The quantitative estimate of drug-likeness (QED) is 0.483. The van der Waals surface area contributed by atoms with E-state index in [1.54, 1.807) is 6.20 Å². The fourth-order valence-electron chi connectivity index (χ4n) is 3.27. The van der Waals surface area contributed by atoms with Gasteiger partial charge in [-0.25, -0.2) is 4.98 Å². The number of anilines is 1. The van der Waals surface area contributed by atoms with Crippen LogP contribution in [0.2, 0.25) is 0 Å². The highest BCUT2D eigenvalue weighted by Crippen LogP contribution is 2.22. The minimum Gasteiger partial charge on any atom is -0.298 e. The molecule has 2 heterocycles. The minimum atomic E-state index is -0.165. The van der Waals surface area contributed by atoms with Crippen molar-refractivity contribution in [2.45, 2.75) is 26.3 Å². The maximum absolute atomic E-state index is 12.8. The van der Waals surface area contributed by atoms with E-state index in [0.717, 1.165) is 29.0 Å². The van der Waals surface area contributed by atoms with E-state index in [0.29, 0.717) is 17.2 Å². The van der Waals surface area contributed by atoms with Gasteiger partial charge in [0.1, 0.15) is 0 Å². The largest absolute Gasteiger partial charge is 0.298 e. The van der Waals surface area contributed by atoms with E-state index in [1.807, 2.05) is 54.2 Å². The van der Waals surface area contributed by atoms with Crippen molar-refractivity contribution in [3.8, 4) is 0 Å². The van der Waals surface area contributed by atoms with E-state index in [1.165, 1.54) is 16.9 Å². The monoisotopic (exact) mass is 402 g/mol. The van der Waals surface area contributed by atoms with Crippen LogP contribution in [0.1, 0.15) is 39.0 Å². The Morgan fingerprint density at radius 1 is 1.00 bits per heavy atom. The standard InChI is InChI=1S/C23H22N4OS/c1-2-21-20(15-25-27(21)16-18-11-7-4-8-12-18)22(28)26-23-24-14-19(29-23)13-17-9-5-3-6-10-17/h3-12,14-15H,2,13,16H2,1H3,(H,24,26,28). The summed E-state index contributed by atoms with van der Waals surface area (Å²) in [6.45, 7) is 2.69. The second-order valence-electron chi connectivity index (χ2n) is 6.75. The number of nitrogens with zero attached hydrogens (tertiary/aromatic N) is 3. The first-order chi connectivity index (χ1) is 14.2. The summed E-state index contributed by atoms with van der Waals surface area (Å²) in [5.41, 5.74) is 3.91. The molecular weight excluding hydrogens is 380 g/mol. The van der Waals surface area contributed by atoms with Gasteiger partial charge in [-0.1, -0.05) is 67.6 Å². The van der Waals surface area contributed by atoms with Gasteiger partial charge in [-0.15, -0.1) is 11.3 Å². The predicted molar refractivity (Wildman–Crippen MR) is 116 cm³/mol. The van der Waals surface area contributed by atoms with E-state index in [9.17, 15) is 4.79 Å². The molecule has 4 aromatic rings. The van der Waals surface area contributed by atoms with Crippen molar-refractivity contribution >= 4 is 22.4 Å². The molecule has 0 aliphatic heterocycles. The molecule has 0 fully saturated rings.